The van der Waals surface area contributed by atoms with E-state index in [0.717, 1.165) is 24.2 Å². The van der Waals surface area contributed by atoms with Gasteiger partial charge in [-0.15, -0.1) is 12.4 Å². The third-order valence-electron chi connectivity index (χ3n) is 4.16. The molecule has 0 aliphatic heterocycles. The van der Waals surface area contributed by atoms with Gasteiger partial charge in [-0.25, -0.2) is 0 Å². The molecule has 2 aromatic rings. The van der Waals surface area contributed by atoms with Crippen LogP contribution in [0.25, 0.3) is 11.4 Å². The first kappa shape index (κ1) is 15.8. The number of halogens is 1. The molecule has 6 heteroatoms. The zero-order chi connectivity index (χ0) is 14.0. The molecule has 0 radical (unpaired) electrons. The van der Waals surface area contributed by atoms with Crippen LogP contribution in [-0.2, 0) is 5.41 Å². The average Bonchev–Trinajstić information content (AvgIpc) is 3.17. The molecule has 1 fully saturated rings. The first-order chi connectivity index (χ1) is 9.77. The molecule has 5 nitrogen and oxygen atoms in total. The minimum absolute atomic E-state index is 0. The zero-order valence-corrected chi connectivity index (χ0v) is 12.9. The van der Waals surface area contributed by atoms with Crippen molar-refractivity contribution < 1.29 is 9.26 Å². The summed E-state index contributed by atoms with van der Waals surface area (Å²) in [6.07, 6.45) is 4.41. The summed E-state index contributed by atoms with van der Waals surface area (Å²) in [7, 11) is 1.64. The fourth-order valence-electron chi connectivity index (χ4n) is 2.88. The standard InChI is InChI=1S/C15H19N3O2.ClH/c1-19-12-6-4-5-11(9-12)13-17-14(20-18-13)15(10-16)7-2-3-8-15;/h4-6,9H,2-3,7-8,10,16H2,1H3;1H. The van der Waals surface area contributed by atoms with Gasteiger partial charge in [0.25, 0.3) is 0 Å². The highest BCUT2D eigenvalue weighted by molar-refractivity contribution is 5.85. The van der Waals surface area contributed by atoms with Gasteiger partial charge < -0.3 is 15.0 Å². The molecule has 114 valence electrons. The van der Waals surface area contributed by atoms with Gasteiger partial charge in [0.2, 0.25) is 11.7 Å². The van der Waals surface area contributed by atoms with Crippen molar-refractivity contribution in [2.75, 3.05) is 13.7 Å². The molecule has 0 atom stereocenters. The molecule has 1 saturated carbocycles. The monoisotopic (exact) mass is 309 g/mol. The van der Waals surface area contributed by atoms with Gasteiger partial charge >= 0.3 is 0 Å². The first-order valence-corrected chi connectivity index (χ1v) is 6.96. The lowest BCUT2D eigenvalue weighted by Crippen LogP contribution is -2.32. The highest BCUT2D eigenvalue weighted by Gasteiger charge is 2.39. The average molecular weight is 310 g/mol. The quantitative estimate of drug-likeness (QED) is 0.940. The molecule has 1 aromatic heterocycles. The number of aromatic nitrogens is 2. The maximum absolute atomic E-state index is 5.95. The van der Waals surface area contributed by atoms with Gasteiger partial charge in [0.1, 0.15) is 5.75 Å². The van der Waals surface area contributed by atoms with Crippen LogP contribution in [0, 0.1) is 0 Å². The molecule has 1 aliphatic rings. The van der Waals surface area contributed by atoms with Crippen molar-refractivity contribution in [3.63, 3.8) is 0 Å². The SMILES string of the molecule is COc1cccc(-c2noc(C3(CN)CCCC3)n2)c1.Cl. The smallest absolute Gasteiger partial charge is 0.234 e. The number of hydrogen-bond acceptors (Lipinski definition) is 5. The van der Waals surface area contributed by atoms with E-state index >= 15 is 0 Å². The predicted molar refractivity (Wildman–Crippen MR) is 82.7 cm³/mol. The second kappa shape index (κ2) is 6.45. The van der Waals surface area contributed by atoms with Gasteiger partial charge in [0.15, 0.2) is 0 Å². The maximum Gasteiger partial charge on any atom is 0.234 e. The van der Waals surface area contributed by atoms with Gasteiger partial charge in [0.05, 0.1) is 12.5 Å². The summed E-state index contributed by atoms with van der Waals surface area (Å²) in [6.45, 7) is 0.562. The Balaban J connectivity index is 0.00000161. The molecule has 0 saturated heterocycles. The lowest BCUT2D eigenvalue weighted by Gasteiger charge is -2.21. The first-order valence-electron chi connectivity index (χ1n) is 6.96. The van der Waals surface area contributed by atoms with Crippen molar-refractivity contribution in [1.82, 2.24) is 10.1 Å². The lowest BCUT2D eigenvalue weighted by molar-refractivity contribution is 0.284. The Hall–Kier alpha value is -1.59. The third-order valence-corrected chi connectivity index (χ3v) is 4.16. The molecule has 1 aliphatic carbocycles. The van der Waals surface area contributed by atoms with Crippen LogP contribution in [0.5, 0.6) is 5.75 Å². The Morgan fingerprint density at radius 2 is 2.10 bits per heavy atom. The molecule has 0 bridgehead atoms. The highest BCUT2D eigenvalue weighted by Crippen LogP contribution is 2.40. The zero-order valence-electron chi connectivity index (χ0n) is 12.0. The van der Waals surface area contributed by atoms with E-state index in [4.69, 9.17) is 15.0 Å². The molecule has 2 N–H and O–H groups in total. The normalized spacial score (nSPS) is 16.5. The summed E-state index contributed by atoms with van der Waals surface area (Å²) in [6, 6.07) is 7.65. The Morgan fingerprint density at radius 3 is 2.76 bits per heavy atom. The fourth-order valence-corrected chi connectivity index (χ4v) is 2.88. The van der Waals surface area contributed by atoms with Crippen LogP contribution in [0.3, 0.4) is 0 Å². The van der Waals surface area contributed by atoms with Crippen LogP contribution < -0.4 is 10.5 Å². The third kappa shape index (κ3) is 2.89. The van der Waals surface area contributed by atoms with E-state index in [1.54, 1.807) is 7.11 Å². The van der Waals surface area contributed by atoms with Crippen molar-refractivity contribution in [1.29, 1.82) is 0 Å². The van der Waals surface area contributed by atoms with Gasteiger partial charge in [-0.05, 0) is 25.0 Å². The van der Waals surface area contributed by atoms with Gasteiger partial charge in [0, 0.05) is 12.1 Å². The Morgan fingerprint density at radius 1 is 1.33 bits per heavy atom. The van der Waals surface area contributed by atoms with E-state index in [9.17, 15) is 0 Å². The number of rotatable bonds is 4. The Kier molecular flexibility index (Phi) is 4.85. The van der Waals surface area contributed by atoms with Crippen LogP contribution in [0.1, 0.15) is 31.6 Å². The van der Waals surface area contributed by atoms with Gasteiger partial charge in [-0.2, -0.15) is 4.98 Å². The van der Waals surface area contributed by atoms with Crippen LogP contribution in [0.4, 0.5) is 0 Å². The summed E-state index contributed by atoms with van der Waals surface area (Å²) in [5.74, 6) is 2.05. The van der Waals surface area contributed by atoms with Crippen LogP contribution in [0.2, 0.25) is 0 Å². The van der Waals surface area contributed by atoms with Crippen molar-refractivity contribution in [2.45, 2.75) is 31.1 Å². The second-order valence-electron chi connectivity index (χ2n) is 5.35. The summed E-state index contributed by atoms with van der Waals surface area (Å²) >= 11 is 0. The van der Waals surface area contributed by atoms with Gasteiger partial charge in [-0.3, -0.25) is 0 Å². The van der Waals surface area contributed by atoms with Crippen molar-refractivity contribution in [3.05, 3.63) is 30.2 Å². The predicted octanol–water partition coefficient (Wildman–Crippen LogP) is 2.94. The van der Waals surface area contributed by atoms with Crippen molar-refractivity contribution in [2.24, 2.45) is 5.73 Å². The molecular weight excluding hydrogens is 290 g/mol. The summed E-state index contributed by atoms with van der Waals surface area (Å²) in [5.41, 5.74) is 6.72. The number of ether oxygens (including phenoxy) is 1. The molecule has 0 amide bonds. The van der Waals surface area contributed by atoms with E-state index in [2.05, 4.69) is 10.1 Å². The summed E-state index contributed by atoms with van der Waals surface area (Å²) < 4.78 is 10.7. The number of nitrogens with two attached hydrogens (primary N) is 1. The Labute approximate surface area is 130 Å². The van der Waals surface area contributed by atoms with E-state index in [0.29, 0.717) is 18.3 Å². The number of methoxy groups -OCH3 is 1. The van der Waals surface area contributed by atoms with Gasteiger partial charge in [-0.1, -0.05) is 30.1 Å². The largest absolute Gasteiger partial charge is 0.497 e. The number of nitrogens with zero attached hydrogens (tertiary/aromatic N) is 2. The molecular formula is C15H20ClN3O2. The minimum Gasteiger partial charge on any atom is -0.497 e. The number of hydrogen-bond donors (Lipinski definition) is 1. The molecule has 21 heavy (non-hydrogen) atoms. The second-order valence-corrected chi connectivity index (χ2v) is 5.35. The van der Waals surface area contributed by atoms with Crippen molar-refractivity contribution >= 4 is 12.4 Å². The number of benzene rings is 1. The molecule has 0 spiro atoms. The molecule has 3 rings (SSSR count). The van der Waals surface area contributed by atoms with E-state index in [-0.39, 0.29) is 17.8 Å². The molecule has 1 aromatic carbocycles. The summed E-state index contributed by atoms with van der Waals surface area (Å²) in [4.78, 5) is 4.57. The van der Waals surface area contributed by atoms with Crippen LogP contribution in [0.15, 0.2) is 28.8 Å². The Bertz CT molecular complexity index is 594. The van der Waals surface area contributed by atoms with Crippen LogP contribution >= 0.6 is 12.4 Å². The van der Waals surface area contributed by atoms with E-state index < -0.39 is 0 Å². The lowest BCUT2D eigenvalue weighted by atomic mass is 9.86. The molecule has 0 unspecified atom stereocenters. The van der Waals surface area contributed by atoms with E-state index in [1.807, 2.05) is 24.3 Å². The maximum atomic E-state index is 5.95. The fraction of sp³-hybridized carbons (Fsp3) is 0.467. The highest BCUT2D eigenvalue weighted by atomic mass is 35.5. The minimum atomic E-state index is -0.121. The van der Waals surface area contributed by atoms with Crippen LogP contribution in [-0.4, -0.2) is 23.8 Å². The topological polar surface area (TPSA) is 74.2 Å². The van der Waals surface area contributed by atoms with E-state index in [1.165, 1.54) is 12.8 Å². The summed E-state index contributed by atoms with van der Waals surface area (Å²) in [5, 5.41) is 4.10. The van der Waals surface area contributed by atoms with Crippen molar-refractivity contribution in [3.8, 4) is 17.1 Å². The molecule has 1 heterocycles.